The van der Waals surface area contributed by atoms with Crippen molar-refractivity contribution in [2.24, 2.45) is 11.8 Å². The highest BCUT2D eigenvalue weighted by Gasteiger charge is 2.62. The quantitative estimate of drug-likeness (QED) is 0.648. The molecule has 3 aliphatic rings. The Morgan fingerprint density at radius 1 is 1.40 bits per heavy atom. The van der Waals surface area contributed by atoms with Gasteiger partial charge in [0.05, 0.1) is 0 Å². The number of urea groups is 1. The molecule has 0 aromatic carbocycles. The molecule has 0 aromatic rings. The van der Waals surface area contributed by atoms with Crippen molar-refractivity contribution in [2.45, 2.75) is 30.1 Å². The van der Waals surface area contributed by atoms with Crippen LogP contribution in [0.25, 0.3) is 0 Å². The van der Waals surface area contributed by atoms with Crippen molar-refractivity contribution < 1.29 is 9.59 Å². The summed E-state index contributed by atoms with van der Waals surface area (Å²) in [6.07, 6.45) is 5.23. The van der Waals surface area contributed by atoms with Gasteiger partial charge in [0.1, 0.15) is 5.54 Å². The van der Waals surface area contributed by atoms with E-state index in [1.165, 1.54) is 6.42 Å². The van der Waals surface area contributed by atoms with Gasteiger partial charge in [0.15, 0.2) is 0 Å². The number of nitrogens with one attached hydrogen (secondary N) is 2. The maximum absolute atomic E-state index is 11.9. The first-order valence-corrected chi connectivity index (χ1v) is 6.61. The van der Waals surface area contributed by atoms with Crippen LogP contribution in [0.1, 0.15) is 19.3 Å². The molecular weight excluding hydrogens is 212 g/mol. The average Bonchev–Trinajstić information content (AvgIpc) is 2.80. The van der Waals surface area contributed by atoms with Gasteiger partial charge < -0.3 is 5.32 Å². The highest BCUT2D eigenvalue weighted by atomic mass is 32.2. The fourth-order valence-electron chi connectivity index (χ4n) is 3.56. The summed E-state index contributed by atoms with van der Waals surface area (Å²) in [5.41, 5.74) is -0.562. The highest BCUT2D eigenvalue weighted by Crippen LogP contribution is 2.55. The Morgan fingerprint density at radius 3 is 2.73 bits per heavy atom. The highest BCUT2D eigenvalue weighted by molar-refractivity contribution is 7.99. The monoisotopic (exact) mass is 226 g/mol. The lowest BCUT2D eigenvalue weighted by Crippen LogP contribution is -2.54. The van der Waals surface area contributed by atoms with E-state index in [0.717, 1.165) is 12.8 Å². The third kappa shape index (κ3) is 1.10. The summed E-state index contributed by atoms with van der Waals surface area (Å²) in [4.78, 5) is 23.1. The molecule has 15 heavy (non-hydrogen) atoms. The minimum atomic E-state index is -0.562. The summed E-state index contributed by atoms with van der Waals surface area (Å²) in [5, 5.41) is 5.78. The first-order chi connectivity index (χ1) is 7.15. The summed E-state index contributed by atoms with van der Waals surface area (Å²) >= 11 is 1.83. The third-order valence-electron chi connectivity index (χ3n) is 4.12. The van der Waals surface area contributed by atoms with Crippen LogP contribution in [0.3, 0.4) is 0 Å². The third-order valence-corrected chi connectivity index (χ3v) is 5.24. The van der Waals surface area contributed by atoms with Crippen molar-refractivity contribution in [3.63, 3.8) is 0 Å². The Bertz CT molecular complexity index is 346. The van der Waals surface area contributed by atoms with Crippen LogP contribution in [0.4, 0.5) is 4.79 Å². The van der Waals surface area contributed by atoms with E-state index >= 15 is 0 Å². The van der Waals surface area contributed by atoms with Gasteiger partial charge in [-0.3, -0.25) is 10.1 Å². The zero-order chi connectivity index (χ0) is 10.6. The minimum absolute atomic E-state index is 0.0984. The molecule has 2 saturated carbocycles. The van der Waals surface area contributed by atoms with E-state index in [4.69, 9.17) is 0 Å². The molecule has 3 rings (SSSR count). The number of rotatable bonds is 1. The fraction of sp³-hybridized carbons (Fsp3) is 0.800. The number of carbonyl (C=O) groups is 2. The first kappa shape index (κ1) is 9.51. The maximum atomic E-state index is 11.9. The topological polar surface area (TPSA) is 58.2 Å². The predicted octanol–water partition coefficient (Wildman–Crippen LogP) is 0.726. The standard InChI is InChI=1S/C10H14N2O2S/c1-15-7-3-5-2-6(7)10(4-5)8(13)11-9(14)12-10/h5-7H,2-4H2,1H3,(H2,11,12,13,14)/t5-,6+,7+,10+/m1/s1. The van der Waals surface area contributed by atoms with Crippen LogP contribution >= 0.6 is 11.8 Å². The summed E-state index contributed by atoms with van der Waals surface area (Å²) < 4.78 is 0. The van der Waals surface area contributed by atoms with Crippen LogP contribution in [0, 0.1) is 11.8 Å². The summed E-state index contributed by atoms with van der Waals surface area (Å²) in [6, 6.07) is -0.313. The number of thioether (sulfide) groups is 1. The van der Waals surface area contributed by atoms with Gasteiger partial charge in [0, 0.05) is 11.2 Å². The van der Waals surface area contributed by atoms with E-state index in [-0.39, 0.29) is 11.9 Å². The van der Waals surface area contributed by atoms with Crippen molar-refractivity contribution in [2.75, 3.05) is 6.26 Å². The Hall–Kier alpha value is -0.710. The van der Waals surface area contributed by atoms with E-state index in [0.29, 0.717) is 17.1 Å². The number of imide groups is 1. The number of amides is 3. The smallest absolute Gasteiger partial charge is 0.322 e. The van der Waals surface area contributed by atoms with Gasteiger partial charge in [-0.1, -0.05) is 0 Å². The lowest BCUT2D eigenvalue weighted by atomic mass is 9.81. The minimum Gasteiger partial charge on any atom is -0.323 e. The van der Waals surface area contributed by atoms with E-state index in [1.54, 1.807) is 0 Å². The molecule has 2 N–H and O–H groups in total. The zero-order valence-electron chi connectivity index (χ0n) is 8.58. The van der Waals surface area contributed by atoms with Gasteiger partial charge in [-0.25, -0.2) is 4.79 Å². The van der Waals surface area contributed by atoms with Crippen LogP contribution < -0.4 is 10.6 Å². The van der Waals surface area contributed by atoms with Gasteiger partial charge in [-0.15, -0.1) is 0 Å². The molecule has 4 nitrogen and oxygen atoms in total. The summed E-state index contributed by atoms with van der Waals surface area (Å²) in [6.45, 7) is 0. The van der Waals surface area contributed by atoms with Crippen LogP contribution in [0.5, 0.6) is 0 Å². The van der Waals surface area contributed by atoms with E-state index in [2.05, 4.69) is 16.9 Å². The normalized spacial score (nSPS) is 47.4. The van der Waals surface area contributed by atoms with Crippen molar-refractivity contribution >= 4 is 23.7 Å². The van der Waals surface area contributed by atoms with Crippen molar-refractivity contribution in [1.29, 1.82) is 0 Å². The van der Waals surface area contributed by atoms with Gasteiger partial charge in [-0.2, -0.15) is 11.8 Å². The van der Waals surface area contributed by atoms with E-state index < -0.39 is 5.54 Å². The van der Waals surface area contributed by atoms with Crippen LogP contribution in [-0.2, 0) is 4.79 Å². The lowest BCUT2D eigenvalue weighted by molar-refractivity contribution is -0.125. The van der Waals surface area contributed by atoms with Crippen LogP contribution in [0.15, 0.2) is 0 Å². The van der Waals surface area contributed by atoms with Crippen LogP contribution in [-0.4, -0.2) is 29.0 Å². The molecule has 0 aromatic heterocycles. The fourth-order valence-corrected chi connectivity index (χ4v) is 4.70. The first-order valence-electron chi connectivity index (χ1n) is 5.32. The molecule has 82 valence electrons. The Morgan fingerprint density at radius 2 is 2.20 bits per heavy atom. The molecule has 1 heterocycles. The molecule has 0 radical (unpaired) electrons. The second kappa shape index (κ2) is 2.90. The second-order valence-corrected chi connectivity index (χ2v) is 5.88. The number of hydrogen-bond donors (Lipinski definition) is 2. The van der Waals surface area contributed by atoms with Crippen molar-refractivity contribution in [3.8, 4) is 0 Å². The molecule has 3 fully saturated rings. The molecule has 3 amide bonds. The van der Waals surface area contributed by atoms with Gasteiger partial charge in [0.25, 0.3) is 5.91 Å². The molecule has 4 atom stereocenters. The molecule has 0 unspecified atom stereocenters. The molecular formula is C10H14N2O2S. The maximum Gasteiger partial charge on any atom is 0.322 e. The average molecular weight is 226 g/mol. The summed E-state index contributed by atoms with van der Waals surface area (Å²) in [5.74, 6) is 0.860. The van der Waals surface area contributed by atoms with Crippen molar-refractivity contribution in [3.05, 3.63) is 0 Å². The number of hydrogen-bond acceptors (Lipinski definition) is 3. The largest absolute Gasteiger partial charge is 0.323 e. The van der Waals surface area contributed by atoms with Crippen LogP contribution in [0.2, 0.25) is 0 Å². The van der Waals surface area contributed by atoms with Gasteiger partial charge in [-0.05, 0) is 31.4 Å². The molecule has 2 bridgehead atoms. The molecule has 1 aliphatic heterocycles. The molecule has 1 spiro atoms. The van der Waals surface area contributed by atoms with Crippen molar-refractivity contribution in [1.82, 2.24) is 10.6 Å². The number of carbonyl (C=O) groups excluding carboxylic acids is 2. The lowest BCUT2D eigenvalue weighted by Gasteiger charge is -2.35. The summed E-state index contributed by atoms with van der Waals surface area (Å²) in [7, 11) is 0. The van der Waals surface area contributed by atoms with Gasteiger partial charge in [0.2, 0.25) is 0 Å². The van der Waals surface area contributed by atoms with E-state index in [1.807, 2.05) is 11.8 Å². The Kier molecular flexibility index (Phi) is 1.84. The SMILES string of the molecule is CS[C@H]1C[C@H]2C[C@@H]1[C@]1(C2)NC(=O)NC1=O. The zero-order valence-corrected chi connectivity index (χ0v) is 9.39. The Balaban J connectivity index is 1.94. The predicted molar refractivity (Wildman–Crippen MR) is 57.5 cm³/mol. The second-order valence-electron chi connectivity index (χ2n) is 4.80. The van der Waals surface area contributed by atoms with E-state index in [9.17, 15) is 9.59 Å². The van der Waals surface area contributed by atoms with Gasteiger partial charge >= 0.3 is 6.03 Å². The Labute approximate surface area is 92.6 Å². The molecule has 1 saturated heterocycles. The molecule has 5 heteroatoms. The number of fused-ring (bicyclic) bond motifs is 3. The molecule has 2 aliphatic carbocycles.